The van der Waals surface area contributed by atoms with Crippen LogP contribution in [0.1, 0.15) is 33.1 Å². The molecule has 0 aliphatic rings. The van der Waals surface area contributed by atoms with Gasteiger partial charge < -0.3 is 19.5 Å². The van der Waals surface area contributed by atoms with Crippen LogP contribution in [-0.4, -0.2) is 61.9 Å². The van der Waals surface area contributed by atoms with Crippen molar-refractivity contribution >= 4 is 11.9 Å². The minimum absolute atomic E-state index is 0.0248. The summed E-state index contributed by atoms with van der Waals surface area (Å²) in [4.78, 5) is 24.2. The van der Waals surface area contributed by atoms with Crippen molar-refractivity contribution in [1.29, 1.82) is 0 Å². The molecule has 118 valence electrons. The van der Waals surface area contributed by atoms with Gasteiger partial charge in [-0.25, -0.2) is 0 Å². The first-order chi connectivity index (χ1) is 9.52. The molecule has 0 aliphatic carbocycles. The second-order valence-electron chi connectivity index (χ2n) is 4.83. The van der Waals surface area contributed by atoms with Crippen LogP contribution in [0.3, 0.4) is 0 Å². The van der Waals surface area contributed by atoms with Gasteiger partial charge in [0.2, 0.25) is 5.91 Å². The zero-order valence-electron chi connectivity index (χ0n) is 12.8. The second kappa shape index (κ2) is 11.7. The summed E-state index contributed by atoms with van der Waals surface area (Å²) >= 11 is 0. The number of nitrogens with zero attached hydrogens (tertiary/aromatic N) is 1. The van der Waals surface area contributed by atoms with Gasteiger partial charge in [0.25, 0.3) is 0 Å². The Balaban J connectivity index is 4.11. The molecule has 0 aromatic carbocycles. The van der Waals surface area contributed by atoms with E-state index in [1.807, 2.05) is 0 Å². The van der Waals surface area contributed by atoms with Gasteiger partial charge in [0, 0.05) is 33.4 Å². The van der Waals surface area contributed by atoms with Crippen molar-refractivity contribution in [1.82, 2.24) is 4.90 Å². The van der Waals surface area contributed by atoms with Gasteiger partial charge >= 0.3 is 5.97 Å². The molecule has 1 amide bonds. The molecule has 0 fully saturated rings. The molecular weight excluding hydrogens is 262 g/mol. The van der Waals surface area contributed by atoms with E-state index in [1.54, 1.807) is 6.92 Å². The lowest BCUT2D eigenvalue weighted by atomic mass is 10.1. The number of amides is 1. The summed E-state index contributed by atoms with van der Waals surface area (Å²) in [5.41, 5.74) is 0. The van der Waals surface area contributed by atoms with E-state index in [2.05, 4.69) is 6.92 Å². The molecular formula is C14H27NO5. The molecule has 20 heavy (non-hydrogen) atoms. The summed E-state index contributed by atoms with van der Waals surface area (Å²) in [6, 6.07) is 0. The highest BCUT2D eigenvalue weighted by Gasteiger charge is 2.19. The maximum atomic E-state index is 11.8. The normalized spacial score (nSPS) is 12.2. The second-order valence-corrected chi connectivity index (χ2v) is 4.83. The van der Waals surface area contributed by atoms with Crippen LogP contribution < -0.4 is 0 Å². The standard InChI is InChI=1S/C14H27NO5/c1-4-5-8-20-9-6-7-15(13(16)11-19-3)10-12(2)14(17)18/h12H,4-11H2,1-3H3,(H,17,18). The number of methoxy groups -OCH3 is 1. The van der Waals surface area contributed by atoms with Crippen LogP contribution in [0.25, 0.3) is 0 Å². The number of ether oxygens (including phenoxy) is 2. The first-order valence-corrected chi connectivity index (χ1v) is 7.10. The van der Waals surface area contributed by atoms with Crippen LogP contribution in [0.2, 0.25) is 0 Å². The van der Waals surface area contributed by atoms with Crippen molar-refractivity contribution in [2.24, 2.45) is 5.92 Å². The van der Waals surface area contributed by atoms with E-state index in [-0.39, 0.29) is 19.1 Å². The van der Waals surface area contributed by atoms with Crippen molar-refractivity contribution in [3.8, 4) is 0 Å². The minimum atomic E-state index is -0.903. The lowest BCUT2D eigenvalue weighted by Crippen LogP contribution is -2.39. The molecule has 0 saturated heterocycles. The zero-order valence-corrected chi connectivity index (χ0v) is 12.8. The predicted molar refractivity (Wildman–Crippen MR) is 75.6 cm³/mol. The van der Waals surface area contributed by atoms with Gasteiger partial charge in [-0.2, -0.15) is 0 Å². The minimum Gasteiger partial charge on any atom is -0.481 e. The highest BCUT2D eigenvalue weighted by atomic mass is 16.5. The fourth-order valence-corrected chi connectivity index (χ4v) is 1.65. The maximum Gasteiger partial charge on any atom is 0.308 e. The number of rotatable bonds is 12. The lowest BCUT2D eigenvalue weighted by molar-refractivity contribution is -0.144. The van der Waals surface area contributed by atoms with Gasteiger partial charge in [-0.3, -0.25) is 9.59 Å². The number of carbonyl (C=O) groups excluding carboxylic acids is 1. The Morgan fingerprint density at radius 3 is 2.45 bits per heavy atom. The van der Waals surface area contributed by atoms with Crippen LogP contribution in [0.5, 0.6) is 0 Å². The molecule has 0 aliphatic heterocycles. The van der Waals surface area contributed by atoms with E-state index >= 15 is 0 Å². The molecule has 1 N–H and O–H groups in total. The fraction of sp³-hybridized carbons (Fsp3) is 0.857. The van der Waals surface area contributed by atoms with Gasteiger partial charge in [-0.1, -0.05) is 20.3 Å². The summed E-state index contributed by atoms with van der Waals surface area (Å²) in [6.07, 6.45) is 2.82. The third kappa shape index (κ3) is 8.87. The average molecular weight is 289 g/mol. The molecule has 0 radical (unpaired) electrons. The number of carboxylic acid groups (broad SMARTS) is 1. The van der Waals surface area contributed by atoms with Crippen molar-refractivity contribution < 1.29 is 24.2 Å². The summed E-state index contributed by atoms with van der Waals surface area (Å²) < 4.78 is 10.2. The van der Waals surface area contributed by atoms with Crippen LogP contribution in [-0.2, 0) is 19.1 Å². The Bertz CT molecular complexity index is 283. The molecule has 0 bridgehead atoms. The van der Waals surface area contributed by atoms with E-state index in [0.29, 0.717) is 19.6 Å². The van der Waals surface area contributed by atoms with Crippen molar-refractivity contribution in [3.63, 3.8) is 0 Å². The highest BCUT2D eigenvalue weighted by molar-refractivity contribution is 5.78. The molecule has 0 rings (SSSR count). The first-order valence-electron chi connectivity index (χ1n) is 7.10. The number of aliphatic carboxylic acids is 1. The van der Waals surface area contributed by atoms with Crippen molar-refractivity contribution in [2.75, 3.05) is 40.0 Å². The third-order valence-electron chi connectivity index (χ3n) is 2.90. The van der Waals surface area contributed by atoms with E-state index < -0.39 is 11.9 Å². The lowest BCUT2D eigenvalue weighted by Gasteiger charge is -2.24. The van der Waals surface area contributed by atoms with Gasteiger partial charge in [0.05, 0.1) is 5.92 Å². The van der Waals surface area contributed by atoms with Crippen LogP contribution >= 0.6 is 0 Å². The molecule has 1 atom stereocenters. The number of carboxylic acids is 1. The van der Waals surface area contributed by atoms with Crippen molar-refractivity contribution in [3.05, 3.63) is 0 Å². The highest BCUT2D eigenvalue weighted by Crippen LogP contribution is 2.03. The summed E-state index contributed by atoms with van der Waals surface area (Å²) in [6.45, 7) is 5.67. The fourth-order valence-electron chi connectivity index (χ4n) is 1.65. The summed E-state index contributed by atoms with van der Waals surface area (Å²) in [7, 11) is 1.45. The number of carbonyl (C=O) groups is 2. The molecule has 6 nitrogen and oxygen atoms in total. The third-order valence-corrected chi connectivity index (χ3v) is 2.90. The number of unbranched alkanes of at least 4 members (excludes halogenated alkanes) is 1. The van der Waals surface area contributed by atoms with E-state index in [9.17, 15) is 9.59 Å². The van der Waals surface area contributed by atoms with Gasteiger partial charge in [0.15, 0.2) is 0 Å². The summed E-state index contributed by atoms with van der Waals surface area (Å²) in [5, 5.41) is 8.92. The Labute approximate surface area is 121 Å². The molecule has 6 heteroatoms. The Morgan fingerprint density at radius 2 is 1.90 bits per heavy atom. The smallest absolute Gasteiger partial charge is 0.308 e. The Kier molecular flexibility index (Phi) is 11.0. The quantitative estimate of drug-likeness (QED) is 0.549. The molecule has 0 aromatic heterocycles. The molecule has 0 aromatic rings. The van der Waals surface area contributed by atoms with E-state index in [4.69, 9.17) is 14.6 Å². The summed E-state index contributed by atoms with van der Waals surface area (Å²) in [5.74, 6) is -1.68. The van der Waals surface area contributed by atoms with E-state index in [1.165, 1.54) is 12.0 Å². The number of hydrogen-bond acceptors (Lipinski definition) is 4. The molecule has 0 saturated carbocycles. The van der Waals surface area contributed by atoms with Crippen molar-refractivity contribution in [2.45, 2.75) is 33.1 Å². The molecule has 0 spiro atoms. The molecule has 1 unspecified atom stereocenters. The predicted octanol–water partition coefficient (Wildman–Crippen LogP) is 1.39. The van der Waals surface area contributed by atoms with Crippen LogP contribution in [0.4, 0.5) is 0 Å². The Hall–Kier alpha value is -1.14. The van der Waals surface area contributed by atoms with Gasteiger partial charge in [-0.05, 0) is 12.8 Å². The maximum absolute atomic E-state index is 11.8. The topological polar surface area (TPSA) is 76.1 Å². The number of hydrogen-bond donors (Lipinski definition) is 1. The zero-order chi connectivity index (χ0) is 15.4. The first kappa shape index (κ1) is 18.9. The average Bonchev–Trinajstić information content (AvgIpc) is 2.41. The van der Waals surface area contributed by atoms with E-state index in [0.717, 1.165) is 19.4 Å². The largest absolute Gasteiger partial charge is 0.481 e. The molecule has 0 heterocycles. The monoisotopic (exact) mass is 289 g/mol. The Morgan fingerprint density at radius 1 is 1.25 bits per heavy atom. The van der Waals surface area contributed by atoms with Crippen LogP contribution in [0.15, 0.2) is 0 Å². The SMILES string of the molecule is CCCCOCCCN(CC(C)C(=O)O)C(=O)COC. The van der Waals surface area contributed by atoms with Gasteiger partial charge in [-0.15, -0.1) is 0 Å². The van der Waals surface area contributed by atoms with Crippen LogP contribution in [0, 0.1) is 5.92 Å². The van der Waals surface area contributed by atoms with Gasteiger partial charge in [0.1, 0.15) is 6.61 Å².